The lowest BCUT2D eigenvalue weighted by molar-refractivity contribution is -0.119. The summed E-state index contributed by atoms with van der Waals surface area (Å²) in [7, 11) is 0. The normalized spacial score (nSPS) is 21.1. The zero-order valence-electron chi connectivity index (χ0n) is 16.5. The lowest BCUT2D eigenvalue weighted by atomic mass is 10.1. The number of amides is 2. The van der Waals surface area contributed by atoms with Gasteiger partial charge in [-0.1, -0.05) is 25.0 Å². The maximum absolute atomic E-state index is 12.3. The topological polar surface area (TPSA) is 67.9 Å². The average Bonchev–Trinajstić information content (AvgIpc) is 3.16. The van der Waals surface area contributed by atoms with Crippen LogP contribution in [0.4, 0.5) is 10.5 Å². The Hall–Kier alpha value is -2.08. The first-order valence-electron chi connectivity index (χ1n) is 9.82. The van der Waals surface area contributed by atoms with Crippen LogP contribution in [0.5, 0.6) is 0 Å². The Bertz CT molecular complexity index is 660. The molecule has 1 atom stereocenters. The highest BCUT2D eigenvalue weighted by molar-refractivity contribution is 5.92. The third-order valence-corrected chi connectivity index (χ3v) is 4.99. The van der Waals surface area contributed by atoms with E-state index in [1.165, 1.54) is 0 Å². The number of nitrogens with zero attached hydrogens (tertiary/aromatic N) is 1. The molecule has 1 aromatic carbocycles. The molecule has 1 aliphatic heterocycles. The average molecular weight is 374 g/mol. The fourth-order valence-electron chi connectivity index (χ4n) is 3.56. The summed E-state index contributed by atoms with van der Waals surface area (Å²) in [4.78, 5) is 26.2. The van der Waals surface area contributed by atoms with Gasteiger partial charge in [0.05, 0.1) is 13.2 Å². The number of hydrogen-bond donors (Lipinski definition) is 1. The summed E-state index contributed by atoms with van der Waals surface area (Å²) in [6.07, 6.45) is 3.76. The van der Waals surface area contributed by atoms with Crippen LogP contribution < -0.4 is 5.32 Å². The van der Waals surface area contributed by atoms with E-state index < -0.39 is 5.60 Å². The highest BCUT2D eigenvalue weighted by Crippen LogP contribution is 2.27. The number of carbonyl (C=O) groups excluding carboxylic acids is 2. The van der Waals surface area contributed by atoms with Gasteiger partial charge in [0.15, 0.2) is 0 Å². The second-order valence-corrected chi connectivity index (χ2v) is 8.38. The molecule has 0 radical (unpaired) electrons. The van der Waals surface area contributed by atoms with Gasteiger partial charge in [-0.05, 0) is 51.3 Å². The number of morpholine rings is 1. The predicted octanol–water partition coefficient (Wildman–Crippen LogP) is 4.12. The molecule has 1 saturated carbocycles. The summed E-state index contributed by atoms with van der Waals surface area (Å²) in [5, 5.41) is 3.00. The van der Waals surface area contributed by atoms with Gasteiger partial charge in [-0.25, -0.2) is 4.79 Å². The first-order chi connectivity index (χ1) is 12.8. The van der Waals surface area contributed by atoms with Gasteiger partial charge < -0.3 is 19.7 Å². The van der Waals surface area contributed by atoms with Crippen molar-refractivity contribution in [2.45, 2.75) is 58.2 Å². The maximum atomic E-state index is 12.3. The predicted molar refractivity (Wildman–Crippen MR) is 104 cm³/mol. The van der Waals surface area contributed by atoms with Crippen molar-refractivity contribution in [3.05, 3.63) is 29.8 Å². The summed E-state index contributed by atoms with van der Waals surface area (Å²) >= 11 is 0. The summed E-state index contributed by atoms with van der Waals surface area (Å²) in [6.45, 7) is 7.05. The number of ether oxygens (including phenoxy) is 2. The lowest BCUT2D eigenvalue weighted by Gasteiger charge is -2.34. The second-order valence-electron chi connectivity index (χ2n) is 8.38. The molecule has 1 N–H and O–H groups in total. The Labute approximate surface area is 161 Å². The Morgan fingerprint density at radius 1 is 1.15 bits per heavy atom. The Kier molecular flexibility index (Phi) is 6.05. The smallest absolute Gasteiger partial charge is 0.410 e. The third-order valence-electron chi connectivity index (χ3n) is 4.99. The molecule has 6 heteroatoms. The van der Waals surface area contributed by atoms with E-state index in [9.17, 15) is 9.59 Å². The molecule has 6 nitrogen and oxygen atoms in total. The number of rotatable bonds is 3. The third kappa shape index (κ3) is 5.45. The molecule has 3 rings (SSSR count). The van der Waals surface area contributed by atoms with Gasteiger partial charge in [0.2, 0.25) is 5.91 Å². The summed E-state index contributed by atoms with van der Waals surface area (Å²) in [5.41, 5.74) is 1.28. The molecule has 0 aromatic heterocycles. The van der Waals surface area contributed by atoms with Crippen LogP contribution in [0.15, 0.2) is 24.3 Å². The van der Waals surface area contributed by atoms with Gasteiger partial charge in [0.1, 0.15) is 11.7 Å². The first-order valence-corrected chi connectivity index (χ1v) is 9.82. The van der Waals surface area contributed by atoms with E-state index in [2.05, 4.69) is 5.32 Å². The monoisotopic (exact) mass is 374 g/mol. The van der Waals surface area contributed by atoms with Crippen molar-refractivity contribution in [3.8, 4) is 0 Å². The van der Waals surface area contributed by atoms with E-state index in [4.69, 9.17) is 9.47 Å². The molecule has 2 amide bonds. The van der Waals surface area contributed by atoms with Crippen molar-refractivity contribution in [1.82, 2.24) is 4.90 Å². The summed E-state index contributed by atoms with van der Waals surface area (Å²) in [6, 6.07) is 7.71. The largest absolute Gasteiger partial charge is 0.444 e. The molecule has 27 heavy (non-hydrogen) atoms. The van der Waals surface area contributed by atoms with Gasteiger partial charge in [0.25, 0.3) is 0 Å². The van der Waals surface area contributed by atoms with Crippen LogP contribution in [0, 0.1) is 5.92 Å². The number of benzene rings is 1. The highest BCUT2D eigenvalue weighted by atomic mass is 16.6. The fourth-order valence-corrected chi connectivity index (χ4v) is 3.56. The van der Waals surface area contributed by atoms with Gasteiger partial charge in [-0.3, -0.25) is 4.79 Å². The van der Waals surface area contributed by atoms with E-state index in [1.54, 1.807) is 4.90 Å². The van der Waals surface area contributed by atoms with Crippen molar-refractivity contribution in [2.24, 2.45) is 5.92 Å². The van der Waals surface area contributed by atoms with Crippen molar-refractivity contribution >= 4 is 17.7 Å². The van der Waals surface area contributed by atoms with E-state index >= 15 is 0 Å². The van der Waals surface area contributed by atoms with E-state index in [0.29, 0.717) is 19.7 Å². The van der Waals surface area contributed by atoms with Gasteiger partial charge >= 0.3 is 6.09 Å². The molecule has 1 aliphatic carbocycles. The van der Waals surface area contributed by atoms with Crippen molar-refractivity contribution < 1.29 is 19.1 Å². The lowest BCUT2D eigenvalue weighted by Crippen LogP contribution is -2.44. The molecule has 0 bridgehead atoms. The second kappa shape index (κ2) is 8.30. The number of carbonyl (C=O) groups is 2. The van der Waals surface area contributed by atoms with E-state index in [0.717, 1.165) is 36.9 Å². The maximum Gasteiger partial charge on any atom is 0.410 e. The SMILES string of the molecule is CC(C)(C)OC(=O)N1CCOC(c2ccc(NC(=O)C3CCCC3)cc2)C1. The van der Waals surface area contributed by atoms with Crippen molar-refractivity contribution in [1.29, 1.82) is 0 Å². The van der Waals surface area contributed by atoms with Gasteiger partial charge in [-0.2, -0.15) is 0 Å². The fraction of sp³-hybridized carbons (Fsp3) is 0.619. The van der Waals surface area contributed by atoms with Gasteiger partial charge in [-0.15, -0.1) is 0 Å². The molecular formula is C21H30N2O4. The van der Waals surface area contributed by atoms with E-state index in [1.807, 2.05) is 45.0 Å². The van der Waals surface area contributed by atoms with Crippen LogP contribution in [-0.2, 0) is 14.3 Å². The molecule has 148 valence electrons. The van der Waals surface area contributed by atoms with Crippen LogP contribution in [0.2, 0.25) is 0 Å². The molecule has 1 saturated heterocycles. The van der Waals surface area contributed by atoms with Crippen LogP contribution in [0.3, 0.4) is 0 Å². The minimum absolute atomic E-state index is 0.116. The van der Waals surface area contributed by atoms with Crippen LogP contribution in [0.1, 0.15) is 58.1 Å². The number of nitrogens with one attached hydrogen (secondary N) is 1. The molecular weight excluding hydrogens is 344 g/mol. The zero-order valence-corrected chi connectivity index (χ0v) is 16.5. The first kappa shape index (κ1) is 19.7. The summed E-state index contributed by atoms with van der Waals surface area (Å²) in [5.74, 6) is 0.263. The molecule has 2 aliphatic rings. The molecule has 1 aromatic rings. The standard InChI is InChI=1S/C21H30N2O4/c1-21(2,3)27-20(25)23-12-13-26-18(14-23)15-8-10-17(11-9-15)22-19(24)16-6-4-5-7-16/h8-11,16,18H,4-7,12-14H2,1-3H3,(H,22,24). The molecule has 0 spiro atoms. The Morgan fingerprint density at radius 3 is 2.44 bits per heavy atom. The quantitative estimate of drug-likeness (QED) is 0.864. The highest BCUT2D eigenvalue weighted by Gasteiger charge is 2.29. The Balaban J connectivity index is 1.57. The number of anilines is 1. The molecule has 2 fully saturated rings. The minimum atomic E-state index is -0.510. The molecule has 1 heterocycles. The Morgan fingerprint density at radius 2 is 1.81 bits per heavy atom. The zero-order chi connectivity index (χ0) is 19.4. The van der Waals surface area contributed by atoms with Crippen LogP contribution >= 0.6 is 0 Å². The van der Waals surface area contributed by atoms with Crippen molar-refractivity contribution in [2.75, 3.05) is 25.0 Å². The summed E-state index contributed by atoms with van der Waals surface area (Å²) < 4.78 is 11.3. The number of hydrogen-bond acceptors (Lipinski definition) is 4. The van der Waals surface area contributed by atoms with Crippen LogP contribution in [0.25, 0.3) is 0 Å². The molecule has 1 unspecified atom stereocenters. The van der Waals surface area contributed by atoms with E-state index in [-0.39, 0.29) is 24.0 Å². The minimum Gasteiger partial charge on any atom is -0.444 e. The van der Waals surface area contributed by atoms with Gasteiger partial charge in [0, 0.05) is 18.2 Å². The van der Waals surface area contributed by atoms with Crippen LogP contribution in [-0.4, -0.2) is 42.2 Å². The van der Waals surface area contributed by atoms with Crippen molar-refractivity contribution in [3.63, 3.8) is 0 Å².